The Kier molecular flexibility index (Phi) is 5.94. The van der Waals surface area contributed by atoms with Crippen molar-refractivity contribution in [3.05, 3.63) is 66.2 Å². The summed E-state index contributed by atoms with van der Waals surface area (Å²) in [7, 11) is 0. The maximum atomic E-state index is 11.9. The van der Waals surface area contributed by atoms with E-state index in [0.717, 1.165) is 11.1 Å². The summed E-state index contributed by atoms with van der Waals surface area (Å²) in [6.45, 7) is 1.52. The molecule has 0 fully saturated rings. The summed E-state index contributed by atoms with van der Waals surface area (Å²) in [6.07, 6.45) is 0.190. The number of benzene rings is 2. The third-order valence-electron chi connectivity index (χ3n) is 3.90. The minimum atomic E-state index is -0.543. The Hall–Kier alpha value is -3.48. The molecule has 1 amide bonds. The second-order valence-electron chi connectivity index (χ2n) is 6.00. The topological polar surface area (TPSA) is 94.3 Å². The molecule has 0 saturated carbocycles. The van der Waals surface area contributed by atoms with Gasteiger partial charge in [0.2, 0.25) is 5.89 Å². The van der Waals surface area contributed by atoms with Gasteiger partial charge in [0.25, 0.3) is 5.91 Å². The molecule has 3 aromatic rings. The van der Waals surface area contributed by atoms with Gasteiger partial charge < -0.3 is 9.15 Å². The standard InChI is InChI=1S/C20H19N3O4/c1-14(15-8-4-2-5-9-15)12-18(25)26-13-17(24)21-20-23-22-19(27-20)16-10-6-3-7-11-16/h2-11,14H,12-13H2,1H3,(H,21,23,24)/t14-/m1/s1. The molecule has 0 bridgehead atoms. The molecule has 7 heteroatoms. The molecule has 2 aromatic carbocycles. The van der Waals surface area contributed by atoms with Crippen molar-refractivity contribution in [2.24, 2.45) is 0 Å². The molecule has 0 unspecified atom stereocenters. The summed E-state index contributed by atoms with van der Waals surface area (Å²) in [5.74, 6) is -0.693. The first-order valence-corrected chi connectivity index (χ1v) is 8.51. The van der Waals surface area contributed by atoms with Crippen LogP contribution in [0.3, 0.4) is 0 Å². The molecule has 138 valence electrons. The summed E-state index contributed by atoms with van der Waals surface area (Å²) in [5.41, 5.74) is 1.78. The van der Waals surface area contributed by atoms with E-state index in [9.17, 15) is 9.59 Å². The normalized spacial score (nSPS) is 11.6. The number of esters is 1. The van der Waals surface area contributed by atoms with E-state index in [1.54, 1.807) is 0 Å². The zero-order valence-electron chi connectivity index (χ0n) is 14.8. The first kappa shape index (κ1) is 18.3. The van der Waals surface area contributed by atoms with Gasteiger partial charge in [-0.25, -0.2) is 0 Å². The molecule has 1 aromatic heterocycles. The number of hydrogen-bond acceptors (Lipinski definition) is 6. The molecule has 3 rings (SSSR count). The van der Waals surface area contributed by atoms with E-state index < -0.39 is 18.5 Å². The quantitative estimate of drug-likeness (QED) is 0.645. The number of anilines is 1. The van der Waals surface area contributed by atoms with E-state index in [1.165, 1.54) is 0 Å². The van der Waals surface area contributed by atoms with E-state index in [4.69, 9.17) is 9.15 Å². The van der Waals surface area contributed by atoms with Crippen LogP contribution >= 0.6 is 0 Å². The Morgan fingerprint density at radius 1 is 1.04 bits per heavy atom. The van der Waals surface area contributed by atoms with Crippen molar-refractivity contribution in [3.8, 4) is 11.5 Å². The van der Waals surface area contributed by atoms with Crippen LogP contribution in [0.4, 0.5) is 6.01 Å². The summed E-state index contributed by atoms with van der Waals surface area (Å²) in [6, 6.07) is 18.8. The number of hydrogen-bond donors (Lipinski definition) is 1. The largest absolute Gasteiger partial charge is 0.456 e. The molecule has 0 saturated heterocycles. The van der Waals surface area contributed by atoms with Gasteiger partial charge in [0, 0.05) is 5.56 Å². The summed E-state index contributed by atoms with van der Waals surface area (Å²) >= 11 is 0. The van der Waals surface area contributed by atoms with Crippen molar-refractivity contribution in [1.82, 2.24) is 10.2 Å². The van der Waals surface area contributed by atoms with Gasteiger partial charge in [-0.1, -0.05) is 60.6 Å². The highest BCUT2D eigenvalue weighted by Crippen LogP contribution is 2.20. The van der Waals surface area contributed by atoms with E-state index in [0.29, 0.717) is 5.89 Å². The monoisotopic (exact) mass is 365 g/mol. The van der Waals surface area contributed by atoms with Gasteiger partial charge in [-0.15, -0.1) is 5.10 Å². The van der Waals surface area contributed by atoms with Crippen molar-refractivity contribution < 1.29 is 18.7 Å². The van der Waals surface area contributed by atoms with Gasteiger partial charge in [-0.05, 0) is 23.6 Å². The van der Waals surface area contributed by atoms with E-state index in [1.807, 2.05) is 67.6 Å². The number of nitrogens with zero attached hydrogens (tertiary/aromatic N) is 2. The lowest BCUT2D eigenvalue weighted by atomic mass is 9.98. The Balaban J connectivity index is 1.46. The third-order valence-corrected chi connectivity index (χ3v) is 3.90. The number of ether oxygens (including phenoxy) is 1. The van der Waals surface area contributed by atoms with Crippen molar-refractivity contribution in [3.63, 3.8) is 0 Å². The van der Waals surface area contributed by atoms with Crippen LogP contribution in [0.25, 0.3) is 11.5 Å². The fourth-order valence-corrected chi connectivity index (χ4v) is 2.48. The Labute approximate surface area is 156 Å². The Morgan fingerprint density at radius 2 is 1.70 bits per heavy atom. The Morgan fingerprint density at radius 3 is 2.41 bits per heavy atom. The average Bonchev–Trinajstić information content (AvgIpc) is 3.16. The number of amides is 1. The van der Waals surface area contributed by atoms with Crippen molar-refractivity contribution in [2.45, 2.75) is 19.3 Å². The SMILES string of the molecule is C[C@H](CC(=O)OCC(=O)Nc1nnc(-c2ccccc2)o1)c1ccccc1. The number of carbonyl (C=O) groups is 2. The average molecular weight is 365 g/mol. The Bertz CT molecular complexity index is 894. The minimum Gasteiger partial charge on any atom is -0.456 e. The molecule has 0 aliphatic heterocycles. The summed E-state index contributed by atoms with van der Waals surface area (Å²) < 4.78 is 10.4. The number of aromatic nitrogens is 2. The lowest BCUT2D eigenvalue weighted by Gasteiger charge is -2.11. The van der Waals surface area contributed by atoms with Crippen LogP contribution in [-0.2, 0) is 14.3 Å². The predicted octanol–water partition coefficient (Wildman–Crippen LogP) is 3.41. The molecule has 7 nitrogen and oxygen atoms in total. The predicted molar refractivity (Wildman–Crippen MR) is 98.8 cm³/mol. The molecule has 1 heterocycles. The van der Waals surface area contributed by atoms with E-state index in [2.05, 4.69) is 15.5 Å². The molecular formula is C20H19N3O4. The summed E-state index contributed by atoms with van der Waals surface area (Å²) in [4.78, 5) is 23.8. The van der Waals surface area contributed by atoms with E-state index in [-0.39, 0.29) is 18.4 Å². The van der Waals surface area contributed by atoms with Gasteiger partial charge in [0.15, 0.2) is 6.61 Å². The van der Waals surface area contributed by atoms with Crippen LogP contribution in [0.1, 0.15) is 24.8 Å². The fourth-order valence-electron chi connectivity index (χ4n) is 2.48. The molecule has 1 atom stereocenters. The molecule has 0 spiro atoms. The van der Waals surface area contributed by atoms with Crippen LogP contribution in [0.15, 0.2) is 65.1 Å². The lowest BCUT2D eigenvalue weighted by molar-refractivity contribution is -0.147. The highest BCUT2D eigenvalue weighted by Gasteiger charge is 2.15. The number of rotatable bonds is 7. The molecule has 1 N–H and O–H groups in total. The lowest BCUT2D eigenvalue weighted by Crippen LogP contribution is -2.21. The number of carbonyl (C=O) groups excluding carboxylic acids is 2. The van der Waals surface area contributed by atoms with Gasteiger partial charge in [-0.3, -0.25) is 14.9 Å². The van der Waals surface area contributed by atoms with Gasteiger partial charge in [0.05, 0.1) is 6.42 Å². The fraction of sp³-hybridized carbons (Fsp3) is 0.200. The molecule has 27 heavy (non-hydrogen) atoms. The molecule has 0 radical (unpaired) electrons. The second kappa shape index (κ2) is 8.75. The van der Waals surface area contributed by atoms with Gasteiger partial charge >= 0.3 is 12.0 Å². The van der Waals surface area contributed by atoms with Crippen LogP contribution in [0.2, 0.25) is 0 Å². The zero-order valence-corrected chi connectivity index (χ0v) is 14.8. The van der Waals surface area contributed by atoms with E-state index >= 15 is 0 Å². The summed E-state index contributed by atoms with van der Waals surface area (Å²) in [5, 5.41) is 10.0. The van der Waals surface area contributed by atoms with Crippen molar-refractivity contribution >= 4 is 17.9 Å². The first-order valence-electron chi connectivity index (χ1n) is 8.51. The van der Waals surface area contributed by atoms with Crippen LogP contribution in [0.5, 0.6) is 0 Å². The first-order chi connectivity index (χ1) is 13.1. The second-order valence-corrected chi connectivity index (χ2v) is 6.00. The van der Waals surface area contributed by atoms with Crippen LogP contribution < -0.4 is 5.32 Å². The van der Waals surface area contributed by atoms with Gasteiger partial charge in [0.1, 0.15) is 0 Å². The van der Waals surface area contributed by atoms with Crippen molar-refractivity contribution in [1.29, 1.82) is 0 Å². The maximum absolute atomic E-state index is 11.9. The smallest absolute Gasteiger partial charge is 0.322 e. The third kappa shape index (κ3) is 5.24. The van der Waals surface area contributed by atoms with Gasteiger partial charge in [-0.2, -0.15) is 0 Å². The van der Waals surface area contributed by atoms with Crippen LogP contribution in [-0.4, -0.2) is 28.7 Å². The highest BCUT2D eigenvalue weighted by atomic mass is 16.5. The molecule has 0 aliphatic rings. The van der Waals surface area contributed by atoms with Crippen LogP contribution in [0, 0.1) is 0 Å². The highest BCUT2D eigenvalue weighted by molar-refractivity contribution is 5.91. The minimum absolute atomic E-state index is 0.00568. The maximum Gasteiger partial charge on any atom is 0.322 e. The number of nitrogens with one attached hydrogen (secondary N) is 1. The van der Waals surface area contributed by atoms with Crippen molar-refractivity contribution in [2.75, 3.05) is 11.9 Å². The molecular weight excluding hydrogens is 346 g/mol. The zero-order chi connectivity index (χ0) is 19.1. The molecule has 0 aliphatic carbocycles.